The summed E-state index contributed by atoms with van der Waals surface area (Å²) >= 11 is 0. The van der Waals surface area contributed by atoms with Gasteiger partial charge in [0.05, 0.1) is 5.56 Å². The summed E-state index contributed by atoms with van der Waals surface area (Å²) in [6, 6.07) is 14.2. The molecule has 2 aliphatic rings. The van der Waals surface area contributed by atoms with E-state index in [0.29, 0.717) is 17.3 Å². The molecule has 1 aromatic heterocycles. The molecule has 3 aromatic carbocycles. The molecule has 0 saturated heterocycles. The minimum atomic E-state index is 0.564. The number of aromatic nitrogens is 1. The summed E-state index contributed by atoms with van der Waals surface area (Å²) in [5, 5.41) is 5.08. The normalized spacial score (nSPS) is 16.7. The van der Waals surface area contributed by atoms with Crippen LogP contribution in [0.5, 0.6) is 11.5 Å². The second-order valence-corrected chi connectivity index (χ2v) is 12.8. The van der Waals surface area contributed by atoms with Gasteiger partial charge in [-0.05, 0) is 109 Å². The molecule has 198 valence electrons. The first-order valence-electron chi connectivity index (χ1n) is 14.9. The average Bonchev–Trinajstić information content (AvgIpc) is 2.90. The summed E-state index contributed by atoms with van der Waals surface area (Å²) in [4.78, 5) is 0. The van der Waals surface area contributed by atoms with E-state index in [1.165, 1.54) is 93.6 Å². The first kappa shape index (κ1) is 25.4. The number of hydrogen-bond donors (Lipinski definition) is 0. The van der Waals surface area contributed by atoms with E-state index >= 15 is 0 Å². The van der Waals surface area contributed by atoms with Crippen LogP contribution in [-0.4, -0.2) is 0 Å². The van der Waals surface area contributed by atoms with Crippen LogP contribution in [0.2, 0.25) is 0 Å². The predicted molar refractivity (Wildman–Crippen MR) is 160 cm³/mol. The fraction of sp³-hybridized carbons (Fsp3) is 0.472. The summed E-state index contributed by atoms with van der Waals surface area (Å²) in [6.45, 7) is 13.9. The molecule has 0 atom stereocenters. The molecule has 0 bridgehead atoms. The number of ether oxygens (including phenoxy) is 1. The zero-order valence-corrected chi connectivity index (χ0v) is 24.5. The number of aryl methyl sites for hydroxylation is 2. The van der Waals surface area contributed by atoms with Crippen LogP contribution < -0.4 is 9.30 Å². The van der Waals surface area contributed by atoms with E-state index in [9.17, 15) is 0 Å². The Balaban J connectivity index is 1.52. The smallest absolute Gasteiger partial charge is 0.257 e. The Hall–Kier alpha value is -2.87. The highest BCUT2D eigenvalue weighted by atomic mass is 16.5. The van der Waals surface area contributed by atoms with Gasteiger partial charge in [-0.1, -0.05) is 58.7 Å². The zero-order valence-electron chi connectivity index (χ0n) is 24.5. The molecule has 0 N–H and O–H groups in total. The molecule has 1 aliphatic carbocycles. The molecule has 2 heterocycles. The largest absolute Gasteiger partial charge is 0.449 e. The molecule has 1 fully saturated rings. The maximum absolute atomic E-state index is 6.95. The summed E-state index contributed by atoms with van der Waals surface area (Å²) in [5.41, 5.74) is 8.68. The summed E-state index contributed by atoms with van der Waals surface area (Å²) in [6.07, 6.45) is 11.3. The van der Waals surface area contributed by atoms with Gasteiger partial charge < -0.3 is 4.74 Å². The Morgan fingerprint density at radius 3 is 2.39 bits per heavy atom. The van der Waals surface area contributed by atoms with Crippen LogP contribution in [0.25, 0.3) is 32.8 Å². The number of benzene rings is 3. The van der Waals surface area contributed by atoms with Crippen molar-refractivity contribution in [2.75, 3.05) is 0 Å². The molecule has 2 heteroatoms. The number of pyridine rings is 1. The third-order valence-corrected chi connectivity index (χ3v) is 10.1. The second kappa shape index (κ2) is 9.40. The van der Waals surface area contributed by atoms with E-state index in [4.69, 9.17) is 4.74 Å². The van der Waals surface area contributed by atoms with Crippen LogP contribution in [0.4, 0.5) is 0 Å². The van der Waals surface area contributed by atoms with Crippen molar-refractivity contribution in [3.63, 3.8) is 0 Å². The fourth-order valence-electron chi connectivity index (χ4n) is 7.49. The highest BCUT2D eigenvalue weighted by molar-refractivity contribution is 6.07. The molecular weight excluding hydrogens is 462 g/mol. The predicted octanol–water partition coefficient (Wildman–Crippen LogP) is 9.87. The Morgan fingerprint density at radius 1 is 0.974 bits per heavy atom. The van der Waals surface area contributed by atoms with E-state index in [2.05, 4.69) is 95.8 Å². The molecule has 0 unspecified atom stereocenters. The van der Waals surface area contributed by atoms with Crippen LogP contribution in [0.3, 0.4) is 0 Å². The monoisotopic (exact) mass is 506 g/mol. The number of rotatable bonds is 5. The van der Waals surface area contributed by atoms with Crippen molar-refractivity contribution in [3.05, 3.63) is 64.8 Å². The molecule has 1 aliphatic heterocycles. The number of nitrogens with zero attached hydrogens (tertiary/aromatic N) is 1. The number of hydrogen-bond acceptors (Lipinski definition) is 1. The van der Waals surface area contributed by atoms with Crippen molar-refractivity contribution in [1.82, 2.24) is 0 Å². The van der Waals surface area contributed by atoms with E-state index in [0.717, 1.165) is 17.9 Å². The van der Waals surface area contributed by atoms with E-state index < -0.39 is 0 Å². The van der Waals surface area contributed by atoms with Crippen LogP contribution >= 0.6 is 0 Å². The molecule has 0 amide bonds. The van der Waals surface area contributed by atoms with Crippen LogP contribution in [0.1, 0.15) is 94.4 Å². The number of fused-ring (bicyclic) bond motifs is 4. The second-order valence-electron chi connectivity index (χ2n) is 12.8. The first-order valence-corrected chi connectivity index (χ1v) is 14.9. The lowest BCUT2D eigenvalue weighted by Crippen LogP contribution is -2.32. The Kier molecular flexibility index (Phi) is 6.29. The Labute approximate surface area is 229 Å². The molecular formula is C36H44NO+. The van der Waals surface area contributed by atoms with Crippen molar-refractivity contribution in [3.8, 4) is 22.8 Å². The first-order chi connectivity index (χ1) is 18.2. The third-order valence-electron chi connectivity index (χ3n) is 10.1. The van der Waals surface area contributed by atoms with Gasteiger partial charge in [-0.25, -0.2) is 0 Å². The van der Waals surface area contributed by atoms with Gasteiger partial charge in [0.2, 0.25) is 5.75 Å². The van der Waals surface area contributed by atoms with E-state index in [1.54, 1.807) is 0 Å². The van der Waals surface area contributed by atoms with Crippen molar-refractivity contribution >= 4 is 21.5 Å². The Morgan fingerprint density at radius 2 is 1.71 bits per heavy atom. The molecule has 2 nitrogen and oxygen atoms in total. The van der Waals surface area contributed by atoms with Gasteiger partial charge in [-0.3, -0.25) is 0 Å². The highest BCUT2D eigenvalue weighted by Gasteiger charge is 2.35. The fourth-order valence-corrected chi connectivity index (χ4v) is 7.49. The van der Waals surface area contributed by atoms with Crippen LogP contribution in [-0.2, 0) is 13.5 Å². The lowest BCUT2D eigenvalue weighted by molar-refractivity contribution is -0.659. The van der Waals surface area contributed by atoms with E-state index in [1.807, 2.05) is 0 Å². The van der Waals surface area contributed by atoms with Gasteiger partial charge in [-0.15, -0.1) is 0 Å². The van der Waals surface area contributed by atoms with Crippen molar-refractivity contribution in [2.24, 2.45) is 18.4 Å². The van der Waals surface area contributed by atoms with Crippen LogP contribution in [0.15, 0.2) is 42.6 Å². The SMILES string of the molecule is CCC1(CC)CCC(c2ccc3c[n+](C)c4c(c3c2)Oc2cc(CC(C)C)cc3cc(C)c(C)c-4c23)CC1. The van der Waals surface area contributed by atoms with Crippen LogP contribution in [0, 0.1) is 25.2 Å². The maximum Gasteiger partial charge on any atom is 0.257 e. The minimum absolute atomic E-state index is 0.564. The molecule has 0 radical (unpaired) electrons. The van der Waals surface area contributed by atoms with Crippen molar-refractivity contribution < 1.29 is 9.30 Å². The molecule has 4 aromatic rings. The average molecular weight is 507 g/mol. The topological polar surface area (TPSA) is 13.1 Å². The van der Waals surface area contributed by atoms with Gasteiger partial charge in [0.25, 0.3) is 5.69 Å². The van der Waals surface area contributed by atoms with Gasteiger partial charge in [-0.2, -0.15) is 4.57 Å². The van der Waals surface area contributed by atoms with Gasteiger partial charge >= 0.3 is 0 Å². The molecule has 1 saturated carbocycles. The van der Waals surface area contributed by atoms with Gasteiger partial charge in [0, 0.05) is 16.2 Å². The molecule has 6 rings (SSSR count). The zero-order chi connectivity index (χ0) is 26.8. The molecule has 0 spiro atoms. The summed E-state index contributed by atoms with van der Waals surface area (Å²) in [5.74, 6) is 3.31. The minimum Gasteiger partial charge on any atom is -0.449 e. The summed E-state index contributed by atoms with van der Waals surface area (Å²) in [7, 11) is 2.18. The van der Waals surface area contributed by atoms with Crippen molar-refractivity contribution in [1.29, 1.82) is 0 Å². The summed E-state index contributed by atoms with van der Waals surface area (Å²) < 4.78 is 9.24. The maximum atomic E-state index is 6.95. The lowest BCUT2D eigenvalue weighted by Gasteiger charge is -2.39. The lowest BCUT2D eigenvalue weighted by atomic mass is 9.66. The highest BCUT2D eigenvalue weighted by Crippen LogP contribution is 2.51. The standard InChI is InChI=1S/C36H44NO/c1-8-36(9-2)14-12-26(13-15-36)27-10-11-28-21-37(7)34-32-24(6)23(5)17-29-18-25(16-22(3)4)19-31(33(29)32)38-35(34)30(28)20-27/h10-11,17-22,26H,8-9,12-16H2,1-7H3/q+1. The third kappa shape index (κ3) is 4.03. The van der Waals surface area contributed by atoms with E-state index in [-0.39, 0.29) is 0 Å². The molecule has 38 heavy (non-hydrogen) atoms. The quantitative estimate of drug-likeness (QED) is 0.216. The van der Waals surface area contributed by atoms with Crippen molar-refractivity contribution in [2.45, 2.75) is 92.4 Å². The van der Waals surface area contributed by atoms with Gasteiger partial charge in [0.15, 0.2) is 6.20 Å². The van der Waals surface area contributed by atoms with Gasteiger partial charge in [0.1, 0.15) is 12.8 Å². The Bertz CT molecular complexity index is 1550.